The van der Waals surface area contributed by atoms with Crippen molar-refractivity contribution in [2.45, 2.75) is 25.2 Å². The third-order valence-electron chi connectivity index (χ3n) is 5.29. The average molecular weight is 344 g/mol. The first-order valence-electron chi connectivity index (χ1n) is 8.62. The molecule has 1 amide bonds. The molecule has 0 unspecified atom stereocenters. The van der Waals surface area contributed by atoms with Crippen molar-refractivity contribution in [2.75, 3.05) is 13.1 Å². The number of hydrogen-bond donors (Lipinski definition) is 0. The molecule has 0 bridgehead atoms. The van der Waals surface area contributed by atoms with Crippen LogP contribution in [0.1, 0.15) is 29.9 Å². The number of likely N-dealkylation sites (tertiary alicyclic amines) is 1. The third-order valence-corrected chi connectivity index (χ3v) is 5.64. The molecule has 0 N–H and O–H groups in total. The van der Waals surface area contributed by atoms with Crippen LogP contribution in [0.15, 0.2) is 36.7 Å². The summed E-state index contributed by atoms with van der Waals surface area (Å²) in [5, 5.41) is 5.01. The van der Waals surface area contributed by atoms with E-state index in [1.165, 1.54) is 5.56 Å². The summed E-state index contributed by atoms with van der Waals surface area (Å²) in [5.74, 6) is 1.30. The zero-order chi connectivity index (χ0) is 16.7. The number of aryl methyl sites for hydroxylation is 1. The van der Waals surface area contributed by atoms with Gasteiger partial charge in [0, 0.05) is 37.3 Å². The highest BCUT2D eigenvalue weighted by Gasteiger charge is 2.47. The molecule has 1 aliphatic heterocycles. The van der Waals surface area contributed by atoms with Gasteiger partial charge in [-0.05, 0) is 48.3 Å². The molecule has 2 heterocycles. The monoisotopic (exact) mass is 343 g/mol. The van der Waals surface area contributed by atoms with Crippen LogP contribution in [-0.4, -0.2) is 33.7 Å². The number of carbonyl (C=O) groups excluding carboxylic acids is 1. The van der Waals surface area contributed by atoms with Crippen molar-refractivity contribution >= 4 is 17.5 Å². The van der Waals surface area contributed by atoms with Gasteiger partial charge in [-0.15, -0.1) is 0 Å². The van der Waals surface area contributed by atoms with Crippen LogP contribution in [0.4, 0.5) is 0 Å². The van der Waals surface area contributed by atoms with Crippen LogP contribution >= 0.6 is 11.6 Å². The van der Waals surface area contributed by atoms with Gasteiger partial charge < -0.3 is 4.90 Å². The Morgan fingerprint density at radius 1 is 1.38 bits per heavy atom. The minimum absolute atomic E-state index is 0.127. The van der Waals surface area contributed by atoms with Gasteiger partial charge in [-0.25, -0.2) is 0 Å². The predicted octanol–water partition coefficient (Wildman–Crippen LogP) is 3.27. The summed E-state index contributed by atoms with van der Waals surface area (Å²) in [6.45, 7) is 1.76. The van der Waals surface area contributed by atoms with Crippen molar-refractivity contribution in [3.8, 4) is 0 Å². The number of benzene rings is 1. The number of hydrogen-bond acceptors (Lipinski definition) is 2. The minimum Gasteiger partial charge on any atom is -0.342 e. The molecule has 3 atom stereocenters. The Balaban J connectivity index is 1.34. The molecule has 2 aromatic rings. The molecule has 1 saturated heterocycles. The van der Waals surface area contributed by atoms with Gasteiger partial charge in [0.15, 0.2) is 0 Å². The first-order valence-corrected chi connectivity index (χ1v) is 9.00. The molecule has 2 aliphatic rings. The Bertz CT molecular complexity index is 757. The second kappa shape index (κ2) is 6.25. The zero-order valence-corrected chi connectivity index (χ0v) is 14.6. The molecular weight excluding hydrogens is 322 g/mol. The topological polar surface area (TPSA) is 38.1 Å². The van der Waals surface area contributed by atoms with Crippen molar-refractivity contribution < 1.29 is 4.79 Å². The molecule has 4 rings (SSSR count). The Hall–Kier alpha value is -1.81. The summed E-state index contributed by atoms with van der Waals surface area (Å²) in [5.41, 5.74) is 2.39. The van der Waals surface area contributed by atoms with E-state index >= 15 is 0 Å². The highest BCUT2D eigenvalue weighted by Crippen LogP contribution is 2.50. The average Bonchev–Trinajstić information content (AvgIpc) is 3.04. The van der Waals surface area contributed by atoms with Gasteiger partial charge in [-0.3, -0.25) is 9.48 Å². The van der Waals surface area contributed by atoms with Gasteiger partial charge in [0.2, 0.25) is 5.91 Å². The van der Waals surface area contributed by atoms with Crippen LogP contribution in [-0.2, 0) is 18.3 Å². The lowest BCUT2D eigenvalue weighted by molar-refractivity contribution is -0.131. The highest BCUT2D eigenvalue weighted by molar-refractivity contribution is 6.31. The van der Waals surface area contributed by atoms with Crippen molar-refractivity contribution in [2.24, 2.45) is 18.9 Å². The molecule has 1 aliphatic carbocycles. The molecule has 4 nitrogen and oxygen atoms in total. The predicted molar refractivity (Wildman–Crippen MR) is 93.9 cm³/mol. The SMILES string of the molecule is Cn1cc(C[C@@H]2CCN(C(=O)[C@@H]3C[C@@H]3c3ccccc3Cl)C2)cn1. The number of amides is 1. The Labute approximate surface area is 147 Å². The van der Waals surface area contributed by atoms with Gasteiger partial charge in [0.1, 0.15) is 0 Å². The Morgan fingerprint density at radius 2 is 2.21 bits per heavy atom. The maximum Gasteiger partial charge on any atom is 0.226 e. The van der Waals surface area contributed by atoms with E-state index in [4.69, 9.17) is 11.6 Å². The molecule has 0 radical (unpaired) electrons. The van der Waals surface area contributed by atoms with Crippen LogP contribution in [0.2, 0.25) is 5.02 Å². The van der Waals surface area contributed by atoms with Crippen molar-refractivity contribution in [3.63, 3.8) is 0 Å². The summed E-state index contributed by atoms with van der Waals surface area (Å²) in [6, 6.07) is 7.90. The normalized spacial score (nSPS) is 25.9. The second-order valence-electron chi connectivity index (χ2n) is 7.14. The zero-order valence-electron chi connectivity index (χ0n) is 13.9. The standard InChI is InChI=1S/C19H22ClN3O/c1-22-11-14(10-21-22)8-13-6-7-23(12-13)19(24)17-9-16(17)15-4-2-3-5-18(15)20/h2-5,10-11,13,16-17H,6-9,12H2,1H3/t13-,16+,17+/m0/s1. The Morgan fingerprint density at radius 3 is 2.96 bits per heavy atom. The maximum atomic E-state index is 12.8. The van der Waals surface area contributed by atoms with E-state index in [2.05, 4.69) is 22.3 Å². The summed E-state index contributed by atoms with van der Waals surface area (Å²) >= 11 is 6.27. The summed E-state index contributed by atoms with van der Waals surface area (Å²) in [6.07, 6.45) is 7.03. The fourth-order valence-electron chi connectivity index (χ4n) is 3.93. The fraction of sp³-hybridized carbons (Fsp3) is 0.474. The van der Waals surface area contributed by atoms with Gasteiger partial charge in [-0.1, -0.05) is 29.8 Å². The Kier molecular flexibility index (Phi) is 4.09. The molecule has 5 heteroatoms. The van der Waals surface area contributed by atoms with Crippen molar-refractivity contribution in [3.05, 3.63) is 52.8 Å². The van der Waals surface area contributed by atoms with E-state index in [-0.39, 0.29) is 5.92 Å². The largest absolute Gasteiger partial charge is 0.342 e. The van der Waals surface area contributed by atoms with Gasteiger partial charge >= 0.3 is 0 Å². The van der Waals surface area contributed by atoms with E-state index in [0.29, 0.717) is 17.7 Å². The number of aromatic nitrogens is 2. The van der Waals surface area contributed by atoms with E-state index < -0.39 is 0 Å². The number of nitrogens with zero attached hydrogens (tertiary/aromatic N) is 3. The quantitative estimate of drug-likeness (QED) is 0.854. The smallest absolute Gasteiger partial charge is 0.226 e. The fourth-order valence-corrected chi connectivity index (χ4v) is 4.21. The molecule has 24 heavy (non-hydrogen) atoms. The van der Waals surface area contributed by atoms with Crippen LogP contribution in [0.25, 0.3) is 0 Å². The minimum atomic E-state index is 0.127. The highest BCUT2D eigenvalue weighted by atomic mass is 35.5. The van der Waals surface area contributed by atoms with Gasteiger partial charge in [0.05, 0.1) is 6.20 Å². The lowest BCUT2D eigenvalue weighted by Gasteiger charge is -2.16. The van der Waals surface area contributed by atoms with Crippen molar-refractivity contribution in [1.29, 1.82) is 0 Å². The summed E-state index contributed by atoms with van der Waals surface area (Å²) in [4.78, 5) is 14.8. The lowest BCUT2D eigenvalue weighted by atomic mass is 10.0. The van der Waals surface area contributed by atoms with Gasteiger partial charge in [-0.2, -0.15) is 5.10 Å². The maximum absolute atomic E-state index is 12.8. The van der Waals surface area contributed by atoms with E-state index in [0.717, 1.165) is 42.9 Å². The first kappa shape index (κ1) is 15.7. The van der Waals surface area contributed by atoms with Crippen LogP contribution in [0.3, 0.4) is 0 Å². The summed E-state index contributed by atoms with van der Waals surface area (Å²) < 4.78 is 1.84. The lowest BCUT2D eigenvalue weighted by Crippen LogP contribution is -2.30. The molecule has 1 aromatic heterocycles. The molecular formula is C19H22ClN3O. The summed E-state index contributed by atoms with van der Waals surface area (Å²) in [7, 11) is 1.94. The third kappa shape index (κ3) is 3.07. The molecule has 1 saturated carbocycles. The number of halogens is 1. The molecule has 126 valence electrons. The molecule has 2 fully saturated rings. The van der Waals surface area contributed by atoms with E-state index in [1.54, 1.807) is 0 Å². The number of carbonyl (C=O) groups is 1. The second-order valence-corrected chi connectivity index (χ2v) is 7.54. The van der Waals surface area contributed by atoms with Crippen LogP contribution < -0.4 is 0 Å². The van der Waals surface area contributed by atoms with Crippen LogP contribution in [0.5, 0.6) is 0 Å². The van der Waals surface area contributed by atoms with Crippen molar-refractivity contribution in [1.82, 2.24) is 14.7 Å². The van der Waals surface area contributed by atoms with E-state index in [1.807, 2.05) is 36.1 Å². The van der Waals surface area contributed by atoms with Crippen LogP contribution in [0, 0.1) is 11.8 Å². The first-order chi connectivity index (χ1) is 11.6. The molecule has 0 spiro atoms. The number of rotatable bonds is 4. The van der Waals surface area contributed by atoms with Gasteiger partial charge in [0.25, 0.3) is 0 Å². The molecule has 1 aromatic carbocycles. The van der Waals surface area contributed by atoms with E-state index in [9.17, 15) is 4.79 Å².